The van der Waals surface area contributed by atoms with Crippen molar-refractivity contribution in [2.45, 2.75) is 4.90 Å². The third-order valence-corrected chi connectivity index (χ3v) is 7.10. The number of carbonyl (C=O) groups excluding carboxylic acids is 1. The molecular weight excluding hydrogens is 430 g/mol. The summed E-state index contributed by atoms with van der Waals surface area (Å²) in [5.74, 6) is -0.270. The Morgan fingerprint density at radius 2 is 1.52 bits per heavy atom. The minimum Gasteiger partial charge on any atom is -0.287 e. The summed E-state index contributed by atoms with van der Waals surface area (Å²) in [5, 5.41) is 0.561. The molecule has 4 aromatic rings. The van der Waals surface area contributed by atoms with Crippen LogP contribution >= 0.6 is 11.3 Å². The van der Waals surface area contributed by atoms with Crippen LogP contribution in [0.2, 0.25) is 0 Å². The standard InChI is InChI=1S/C23H19N3O3S2/c1-26(23-24-16-21(30-23)17-8-4-2-5-9-17)22(27)18-12-14-20(15-13-18)31(28,29)25-19-10-6-3-7-11-19/h2-16,25H,1H3. The molecule has 156 valence electrons. The Labute approximate surface area is 184 Å². The van der Waals surface area contributed by atoms with Gasteiger partial charge in [-0.2, -0.15) is 0 Å². The summed E-state index contributed by atoms with van der Waals surface area (Å²) in [6, 6.07) is 24.3. The lowest BCUT2D eigenvalue weighted by atomic mass is 10.2. The average Bonchev–Trinajstić information content (AvgIpc) is 3.29. The molecule has 1 heterocycles. The van der Waals surface area contributed by atoms with E-state index in [0.717, 1.165) is 10.4 Å². The molecule has 0 spiro atoms. The van der Waals surface area contributed by atoms with E-state index < -0.39 is 10.0 Å². The second-order valence-corrected chi connectivity index (χ2v) is 9.42. The number of rotatable bonds is 6. The fourth-order valence-electron chi connectivity index (χ4n) is 2.93. The summed E-state index contributed by atoms with van der Waals surface area (Å²) in [4.78, 5) is 19.7. The third kappa shape index (κ3) is 4.65. The largest absolute Gasteiger partial charge is 0.287 e. The summed E-state index contributed by atoms with van der Waals surface area (Å²) >= 11 is 1.41. The van der Waals surface area contributed by atoms with Crippen LogP contribution in [-0.2, 0) is 10.0 Å². The van der Waals surface area contributed by atoms with Crippen molar-refractivity contribution in [3.05, 3.63) is 96.7 Å². The molecule has 6 nitrogen and oxygen atoms in total. The predicted molar refractivity (Wildman–Crippen MR) is 124 cm³/mol. The molecule has 8 heteroatoms. The van der Waals surface area contributed by atoms with Gasteiger partial charge in [-0.05, 0) is 42.0 Å². The fraction of sp³-hybridized carbons (Fsp3) is 0.0435. The van der Waals surface area contributed by atoms with Crippen LogP contribution in [-0.4, -0.2) is 26.4 Å². The molecule has 0 saturated carbocycles. The van der Waals surface area contributed by atoms with Crippen molar-refractivity contribution < 1.29 is 13.2 Å². The van der Waals surface area contributed by atoms with Crippen molar-refractivity contribution in [3.8, 4) is 10.4 Å². The highest BCUT2D eigenvalue weighted by Gasteiger charge is 2.19. The first-order valence-corrected chi connectivity index (χ1v) is 11.7. The number of amides is 1. The molecule has 1 amide bonds. The third-order valence-electron chi connectivity index (χ3n) is 4.58. The highest BCUT2D eigenvalue weighted by atomic mass is 32.2. The van der Waals surface area contributed by atoms with Gasteiger partial charge in [-0.25, -0.2) is 13.4 Å². The lowest BCUT2D eigenvalue weighted by molar-refractivity contribution is 0.0993. The maximum absolute atomic E-state index is 12.9. The van der Waals surface area contributed by atoms with E-state index >= 15 is 0 Å². The molecule has 0 aliphatic carbocycles. The van der Waals surface area contributed by atoms with Gasteiger partial charge in [0.2, 0.25) is 0 Å². The molecule has 31 heavy (non-hydrogen) atoms. The van der Waals surface area contributed by atoms with Crippen molar-refractivity contribution in [1.82, 2.24) is 4.98 Å². The summed E-state index contributed by atoms with van der Waals surface area (Å²) < 4.78 is 27.6. The van der Waals surface area contributed by atoms with Crippen LogP contribution in [0.15, 0.2) is 96.0 Å². The van der Waals surface area contributed by atoms with Crippen LogP contribution in [0, 0.1) is 0 Å². The summed E-state index contributed by atoms with van der Waals surface area (Å²) in [7, 11) is -2.09. The molecule has 0 aliphatic heterocycles. The number of carbonyl (C=O) groups is 1. The Kier molecular flexibility index (Phi) is 5.83. The Bertz CT molecular complexity index is 1290. The molecule has 1 N–H and O–H groups in total. The topological polar surface area (TPSA) is 79.4 Å². The first-order valence-electron chi connectivity index (χ1n) is 9.41. The number of aromatic nitrogens is 1. The van der Waals surface area contributed by atoms with E-state index in [1.54, 1.807) is 43.6 Å². The number of para-hydroxylation sites is 1. The molecule has 4 rings (SSSR count). The number of hydrogen-bond donors (Lipinski definition) is 1. The van der Waals surface area contributed by atoms with Gasteiger partial charge in [0.15, 0.2) is 5.13 Å². The SMILES string of the molecule is CN(C(=O)c1ccc(S(=O)(=O)Nc2ccccc2)cc1)c1ncc(-c2ccccc2)s1. The molecule has 0 saturated heterocycles. The van der Waals surface area contributed by atoms with E-state index in [9.17, 15) is 13.2 Å². The number of anilines is 2. The molecule has 0 atom stereocenters. The van der Waals surface area contributed by atoms with Gasteiger partial charge in [0.05, 0.1) is 9.77 Å². The van der Waals surface area contributed by atoms with Crippen molar-refractivity contribution in [2.75, 3.05) is 16.7 Å². The Hall–Kier alpha value is -3.49. The van der Waals surface area contributed by atoms with Gasteiger partial charge in [0, 0.05) is 24.5 Å². The van der Waals surface area contributed by atoms with Gasteiger partial charge in [0.25, 0.3) is 15.9 Å². The summed E-state index contributed by atoms with van der Waals surface area (Å²) in [6.07, 6.45) is 1.74. The minimum absolute atomic E-state index is 0.0798. The van der Waals surface area contributed by atoms with Crippen LogP contribution in [0.25, 0.3) is 10.4 Å². The summed E-state index contributed by atoms with van der Waals surface area (Å²) in [5.41, 5.74) is 1.88. The maximum Gasteiger partial charge on any atom is 0.261 e. The zero-order chi connectivity index (χ0) is 21.8. The average molecular weight is 450 g/mol. The van der Waals surface area contributed by atoms with Crippen LogP contribution < -0.4 is 9.62 Å². The highest BCUT2D eigenvalue weighted by Crippen LogP contribution is 2.31. The Balaban J connectivity index is 1.50. The van der Waals surface area contributed by atoms with Gasteiger partial charge >= 0.3 is 0 Å². The normalized spacial score (nSPS) is 11.1. The Morgan fingerprint density at radius 1 is 0.903 bits per heavy atom. The molecular formula is C23H19N3O3S2. The maximum atomic E-state index is 12.9. The fourth-order valence-corrected chi connectivity index (χ4v) is 4.87. The van der Waals surface area contributed by atoms with Gasteiger partial charge in [0.1, 0.15) is 0 Å². The molecule has 0 aliphatic rings. The summed E-state index contributed by atoms with van der Waals surface area (Å²) in [6.45, 7) is 0. The van der Waals surface area contributed by atoms with Crippen LogP contribution in [0.3, 0.4) is 0 Å². The van der Waals surface area contributed by atoms with Gasteiger partial charge in [-0.3, -0.25) is 14.4 Å². The van der Waals surface area contributed by atoms with Crippen LogP contribution in [0.4, 0.5) is 10.8 Å². The molecule has 0 unspecified atom stereocenters. The second-order valence-electron chi connectivity index (χ2n) is 6.73. The molecule has 1 aromatic heterocycles. The molecule has 0 radical (unpaired) electrons. The first-order chi connectivity index (χ1) is 14.9. The highest BCUT2D eigenvalue weighted by molar-refractivity contribution is 7.92. The lowest BCUT2D eigenvalue weighted by Crippen LogP contribution is -2.26. The number of nitrogens with one attached hydrogen (secondary N) is 1. The van der Waals surface area contributed by atoms with E-state index in [4.69, 9.17) is 0 Å². The number of sulfonamides is 1. The van der Waals surface area contributed by atoms with E-state index in [0.29, 0.717) is 16.4 Å². The predicted octanol–water partition coefficient (Wildman–Crippen LogP) is 4.89. The smallest absolute Gasteiger partial charge is 0.261 e. The molecule has 0 bridgehead atoms. The minimum atomic E-state index is -3.74. The number of nitrogens with zero attached hydrogens (tertiary/aromatic N) is 2. The van der Waals surface area contributed by atoms with Crippen molar-refractivity contribution in [1.29, 1.82) is 0 Å². The zero-order valence-electron chi connectivity index (χ0n) is 16.6. The van der Waals surface area contributed by atoms with E-state index in [1.165, 1.54) is 40.5 Å². The Morgan fingerprint density at radius 3 is 2.16 bits per heavy atom. The number of thiazole rings is 1. The van der Waals surface area contributed by atoms with E-state index in [-0.39, 0.29) is 10.8 Å². The monoisotopic (exact) mass is 449 g/mol. The number of hydrogen-bond acceptors (Lipinski definition) is 5. The van der Waals surface area contributed by atoms with Crippen LogP contribution in [0.1, 0.15) is 10.4 Å². The molecule has 3 aromatic carbocycles. The van der Waals surface area contributed by atoms with Crippen molar-refractivity contribution in [3.63, 3.8) is 0 Å². The number of benzene rings is 3. The van der Waals surface area contributed by atoms with Gasteiger partial charge in [-0.1, -0.05) is 59.9 Å². The quantitative estimate of drug-likeness (QED) is 0.455. The van der Waals surface area contributed by atoms with E-state index in [2.05, 4.69) is 9.71 Å². The first kappa shape index (κ1) is 20.8. The van der Waals surface area contributed by atoms with Gasteiger partial charge in [-0.15, -0.1) is 0 Å². The van der Waals surface area contributed by atoms with Crippen molar-refractivity contribution in [2.24, 2.45) is 0 Å². The lowest BCUT2D eigenvalue weighted by Gasteiger charge is -2.14. The van der Waals surface area contributed by atoms with Crippen molar-refractivity contribution >= 4 is 38.1 Å². The molecule has 0 fully saturated rings. The second kappa shape index (κ2) is 8.71. The van der Waals surface area contributed by atoms with E-state index in [1.807, 2.05) is 30.3 Å². The van der Waals surface area contributed by atoms with Gasteiger partial charge < -0.3 is 0 Å². The zero-order valence-corrected chi connectivity index (χ0v) is 18.2. The van der Waals surface area contributed by atoms with Crippen LogP contribution in [0.5, 0.6) is 0 Å².